The highest BCUT2D eigenvalue weighted by molar-refractivity contribution is 5.76. The third-order valence-corrected chi connectivity index (χ3v) is 3.75. The van der Waals surface area contributed by atoms with E-state index in [9.17, 15) is 9.59 Å². The smallest absolute Gasteiger partial charge is 0.345 e. The number of nitrogens with one attached hydrogen (secondary N) is 1. The standard InChI is InChI=1S/C16H24N6O2/c1-10(2)6-13(15-17-9-18-21(15)5)20-14(23)8-22-12(4)7-11(3)19-16(22)24/h7,9-10,13H,6,8H2,1-5H3,(H,20,23)/t13-/m1/s1. The van der Waals surface area contributed by atoms with Crippen molar-refractivity contribution >= 4 is 5.91 Å². The molecule has 0 aromatic carbocycles. The first-order valence-electron chi connectivity index (χ1n) is 7.96. The van der Waals surface area contributed by atoms with Gasteiger partial charge in [0.2, 0.25) is 5.91 Å². The zero-order chi connectivity index (χ0) is 17.9. The molecule has 1 N–H and O–H groups in total. The zero-order valence-corrected chi connectivity index (χ0v) is 14.8. The molecule has 8 nitrogen and oxygen atoms in total. The second-order valence-electron chi connectivity index (χ2n) is 6.40. The van der Waals surface area contributed by atoms with E-state index in [2.05, 4.69) is 34.2 Å². The molecule has 0 aliphatic heterocycles. The van der Waals surface area contributed by atoms with Crippen LogP contribution in [-0.4, -0.2) is 30.2 Å². The van der Waals surface area contributed by atoms with E-state index in [0.29, 0.717) is 23.1 Å². The van der Waals surface area contributed by atoms with Gasteiger partial charge in [0.25, 0.3) is 0 Å². The van der Waals surface area contributed by atoms with Crippen LogP contribution >= 0.6 is 0 Å². The minimum Gasteiger partial charge on any atom is -0.345 e. The maximum absolute atomic E-state index is 12.4. The first kappa shape index (κ1) is 17.8. The Balaban J connectivity index is 2.17. The van der Waals surface area contributed by atoms with Crippen molar-refractivity contribution in [2.45, 2.75) is 46.7 Å². The second-order valence-corrected chi connectivity index (χ2v) is 6.40. The summed E-state index contributed by atoms with van der Waals surface area (Å²) < 4.78 is 3.02. The molecule has 2 aromatic heterocycles. The number of hydrogen-bond acceptors (Lipinski definition) is 5. The number of carbonyl (C=O) groups is 1. The zero-order valence-electron chi connectivity index (χ0n) is 14.8. The Morgan fingerprint density at radius 3 is 2.58 bits per heavy atom. The number of nitrogens with zero attached hydrogens (tertiary/aromatic N) is 5. The van der Waals surface area contributed by atoms with Gasteiger partial charge in [-0.25, -0.2) is 9.78 Å². The Hall–Kier alpha value is -2.51. The molecule has 0 aliphatic rings. The van der Waals surface area contributed by atoms with Gasteiger partial charge in [0.15, 0.2) is 0 Å². The summed E-state index contributed by atoms with van der Waals surface area (Å²) in [5, 5.41) is 7.02. The Bertz CT molecular complexity index is 777. The first-order valence-corrected chi connectivity index (χ1v) is 7.96. The molecule has 0 aliphatic carbocycles. The second kappa shape index (κ2) is 7.37. The minimum atomic E-state index is -0.415. The fourth-order valence-electron chi connectivity index (χ4n) is 2.67. The lowest BCUT2D eigenvalue weighted by Gasteiger charge is -2.20. The van der Waals surface area contributed by atoms with Gasteiger partial charge in [-0.15, -0.1) is 0 Å². The van der Waals surface area contributed by atoms with Crippen LogP contribution < -0.4 is 11.0 Å². The average Bonchev–Trinajstić information content (AvgIpc) is 2.87. The van der Waals surface area contributed by atoms with E-state index >= 15 is 0 Å². The van der Waals surface area contributed by atoms with E-state index in [1.807, 2.05) is 0 Å². The highest BCUT2D eigenvalue weighted by Gasteiger charge is 2.21. The predicted molar refractivity (Wildman–Crippen MR) is 89.3 cm³/mol. The molecule has 2 aromatic rings. The van der Waals surface area contributed by atoms with Crippen molar-refractivity contribution in [1.29, 1.82) is 0 Å². The average molecular weight is 332 g/mol. The predicted octanol–water partition coefficient (Wildman–Crippen LogP) is 0.892. The summed E-state index contributed by atoms with van der Waals surface area (Å²) in [6.45, 7) is 7.63. The van der Waals surface area contributed by atoms with Crippen LogP contribution in [0.2, 0.25) is 0 Å². The SMILES string of the molecule is Cc1cc(C)n(CC(=O)N[C@H](CC(C)C)c2ncnn2C)c(=O)n1. The van der Waals surface area contributed by atoms with E-state index in [1.54, 1.807) is 31.6 Å². The molecule has 0 radical (unpaired) electrons. The lowest BCUT2D eigenvalue weighted by Crippen LogP contribution is -2.37. The monoisotopic (exact) mass is 332 g/mol. The van der Waals surface area contributed by atoms with Gasteiger partial charge in [-0.3, -0.25) is 14.0 Å². The van der Waals surface area contributed by atoms with Crippen molar-refractivity contribution in [2.24, 2.45) is 13.0 Å². The van der Waals surface area contributed by atoms with Crippen molar-refractivity contribution in [3.05, 3.63) is 40.1 Å². The van der Waals surface area contributed by atoms with Crippen molar-refractivity contribution < 1.29 is 4.79 Å². The molecule has 2 rings (SSSR count). The Labute approximate surface area is 140 Å². The summed E-state index contributed by atoms with van der Waals surface area (Å²) in [4.78, 5) is 32.5. The number of rotatable bonds is 6. The molecule has 0 fully saturated rings. The third kappa shape index (κ3) is 4.27. The van der Waals surface area contributed by atoms with Crippen LogP contribution in [0.25, 0.3) is 0 Å². The highest BCUT2D eigenvalue weighted by atomic mass is 16.2. The molecule has 8 heteroatoms. The summed E-state index contributed by atoms with van der Waals surface area (Å²) in [5.74, 6) is 0.820. The van der Waals surface area contributed by atoms with Crippen molar-refractivity contribution in [2.75, 3.05) is 0 Å². The van der Waals surface area contributed by atoms with Gasteiger partial charge in [-0.05, 0) is 32.3 Å². The van der Waals surface area contributed by atoms with Gasteiger partial charge in [0.1, 0.15) is 18.7 Å². The van der Waals surface area contributed by atoms with E-state index in [-0.39, 0.29) is 18.5 Å². The molecule has 24 heavy (non-hydrogen) atoms. The molecule has 0 unspecified atom stereocenters. The van der Waals surface area contributed by atoms with Crippen molar-refractivity contribution in [1.82, 2.24) is 29.6 Å². The van der Waals surface area contributed by atoms with Gasteiger partial charge in [0, 0.05) is 18.4 Å². The van der Waals surface area contributed by atoms with E-state index in [1.165, 1.54) is 10.9 Å². The van der Waals surface area contributed by atoms with E-state index in [0.717, 1.165) is 6.42 Å². The molecule has 1 atom stereocenters. The largest absolute Gasteiger partial charge is 0.348 e. The Kier molecular flexibility index (Phi) is 5.48. The van der Waals surface area contributed by atoms with Crippen LogP contribution in [0.5, 0.6) is 0 Å². The van der Waals surface area contributed by atoms with E-state index < -0.39 is 5.69 Å². The fraction of sp³-hybridized carbons (Fsp3) is 0.562. The van der Waals surface area contributed by atoms with Crippen LogP contribution in [-0.2, 0) is 18.4 Å². The van der Waals surface area contributed by atoms with Crippen molar-refractivity contribution in [3.8, 4) is 0 Å². The Morgan fingerprint density at radius 2 is 2.04 bits per heavy atom. The maximum Gasteiger partial charge on any atom is 0.348 e. The summed E-state index contributed by atoms with van der Waals surface area (Å²) in [6.07, 6.45) is 2.20. The number of aromatic nitrogens is 5. The summed E-state index contributed by atoms with van der Waals surface area (Å²) in [5.41, 5.74) is 0.939. The molecular weight excluding hydrogens is 308 g/mol. The number of carbonyl (C=O) groups excluding carboxylic acids is 1. The van der Waals surface area contributed by atoms with Gasteiger partial charge in [-0.2, -0.15) is 10.1 Å². The van der Waals surface area contributed by atoms with Crippen LogP contribution in [0.4, 0.5) is 0 Å². The van der Waals surface area contributed by atoms with Gasteiger partial charge < -0.3 is 5.32 Å². The molecule has 0 saturated heterocycles. The first-order chi connectivity index (χ1) is 11.3. The number of hydrogen-bond donors (Lipinski definition) is 1. The van der Waals surface area contributed by atoms with Gasteiger partial charge in [-0.1, -0.05) is 13.8 Å². The molecule has 0 bridgehead atoms. The fourth-order valence-corrected chi connectivity index (χ4v) is 2.67. The van der Waals surface area contributed by atoms with Gasteiger partial charge in [0.05, 0.1) is 6.04 Å². The van der Waals surface area contributed by atoms with E-state index in [4.69, 9.17) is 0 Å². The molecule has 0 spiro atoms. The lowest BCUT2D eigenvalue weighted by molar-refractivity contribution is -0.122. The molecule has 0 saturated carbocycles. The number of amides is 1. The normalized spacial score (nSPS) is 12.4. The third-order valence-electron chi connectivity index (χ3n) is 3.75. The minimum absolute atomic E-state index is 0.0651. The molecule has 1 amide bonds. The molecule has 2 heterocycles. The summed E-state index contributed by atoms with van der Waals surface area (Å²) in [7, 11) is 1.79. The lowest BCUT2D eigenvalue weighted by atomic mass is 10.0. The number of aryl methyl sites for hydroxylation is 3. The van der Waals surface area contributed by atoms with Crippen molar-refractivity contribution in [3.63, 3.8) is 0 Å². The Morgan fingerprint density at radius 1 is 1.33 bits per heavy atom. The van der Waals surface area contributed by atoms with Gasteiger partial charge >= 0.3 is 5.69 Å². The highest BCUT2D eigenvalue weighted by Crippen LogP contribution is 2.18. The quantitative estimate of drug-likeness (QED) is 0.848. The maximum atomic E-state index is 12.4. The van der Waals surface area contributed by atoms with Crippen LogP contribution in [0.3, 0.4) is 0 Å². The molecular formula is C16H24N6O2. The topological polar surface area (TPSA) is 94.7 Å². The summed E-state index contributed by atoms with van der Waals surface area (Å²) in [6, 6.07) is 1.53. The van der Waals surface area contributed by atoms with Crippen LogP contribution in [0.15, 0.2) is 17.2 Å². The molecule has 130 valence electrons. The van der Waals surface area contributed by atoms with Crippen LogP contribution in [0.1, 0.15) is 43.5 Å². The van der Waals surface area contributed by atoms with Crippen LogP contribution in [0, 0.1) is 19.8 Å². The summed E-state index contributed by atoms with van der Waals surface area (Å²) >= 11 is 0.